The summed E-state index contributed by atoms with van der Waals surface area (Å²) in [5.41, 5.74) is 0.506. The van der Waals surface area contributed by atoms with Gasteiger partial charge in [-0.2, -0.15) is 0 Å². The average molecular weight is 505 g/mol. The Bertz CT molecular complexity index is 1400. The van der Waals surface area contributed by atoms with Crippen LogP contribution in [0.15, 0.2) is 35.1 Å². The first-order chi connectivity index (χ1) is 16.6. The molecule has 5 rings (SSSR count). The Hall–Kier alpha value is -2.73. The highest BCUT2D eigenvalue weighted by Crippen LogP contribution is 2.32. The van der Waals surface area contributed by atoms with Crippen LogP contribution in [0.3, 0.4) is 0 Å². The zero-order valence-electron chi connectivity index (χ0n) is 18.8. The second-order valence-electron chi connectivity index (χ2n) is 7.27. The monoisotopic (exact) mass is 504 g/mol. The molecule has 8 nitrogen and oxygen atoms in total. The van der Waals surface area contributed by atoms with Crippen molar-refractivity contribution in [2.45, 2.75) is 13.8 Å². The average Bonchev–Trinajstić information content (AvgIpc) is 3.25. The van der Waals surface area contributed by atoms with Crippen molar-refractivity contribution < 1.29 is 18.1 Å². The van der Waals surface area contributed by atoms with Crippen LogP contribution in [0.25, 0.3) is 26.1 Å². The standard InChI is InChI=1S/C21H19FN4O4S2.C2H6/c22-13-11-12-17(27)16(20(28)23-5-8-30-31)21-26(14-3-1-2-4-15(14)32-21)18(12)24-19(13)25-6-9-29-10-7-25;1-2/h1-4,11,31H,5-10H2,(H,23,28);1-2H3. The zero-order chi connectivity index (χ0) is 24.2. The Balaban J connectivity index is 0.00000133. The normalized spacial score (nSPS) is 13.8. The van der Waals surface area contributed by atoms with E-state index in [1.165, 1.54) is 17.4 Å². The summed E-state index contributed by atoms with van der Waals surface area (Å²) in [5, 5.41) is 2.72. The minimum atomic E-state index is -0.606. The van der Waals surface area contributed by atoms with Crippen LogP contribution >= 0.6 is 24.2 Å². The zero-order valence-corrected chi connectivity index (χ0v) is 20.5. The first-order valence-electron chi connectivity index (χ1n) is 11.0. The van der Waals surface area contributed by atoms with E-state index in [-0.39, 0.29) is 29.9 Å². The number of fused-ring (bicyclic) bond motifs is 5. The molecule has 0 atom stereocenters. The first-order valence-corrected chi connectivity index (χ1v) is 12.2. The molecule has 1 N–H and O–H groups in total. The molecule has 1 aliphatic heterocycles. The van der Waals surface area contributed by atoms with Gasteiger partial charge in [0.05, 0.1) is 35.4 Å². The second kappa shape index (κ2) is 10.7. The molecule has 4 heterocycles. The Morgan fingerprint density at radius 2 is 2.03 bits per heavy atom. The minimum Gasteiger partial charge on any atom is -0.378 e. The number of pyridine rings is 2. The van der Waals surface area contributed by atoms with Gasteiger partial charge in [-0.25, -0.2) is 9.37 Å². The Labute approximate surface area is 204 Å². The quantitative estimate of drug-likeness (QED) is 0.245. The molecule has 1 aromatic carbocycles. The number of nitrogens with zero attached hydrogens (tertiary/aromatic N) is 3. The van der Waals surface area contributed by atoms with E-state index < -0.39 is 17.2 Å². The second-order valence-corrected chi connectivity index (χ2v) is 8.56. The topological polar surface area (TPSA) is 85.2 Å². The molecule has 1 aliphatic rings. The van der Waals surface area contributed by atoms with Gasteiger partial charge >= 0.3 is 0 Å². The van der Waals surface area contributed by atoms with Gasteiger partial charge < -0.3 is 19.1 Å². The van der Waals surface area contributed by atoms with E-state index in [0.717, 1.165) is 10.2 Å². The van der Waals surface area contributed by atoms with Gasteiger partial charge in [-0.05, 0) is 31.1 Å². The number of morpholine rings is 1. The fourth-order valence-corrected chi connectivity index (χ4v) is 5.17. The molecule has 0 saturated carbocycles. The van der Waals surface area contributed by atoms with Crippen molar-refractivity contribution in [1.82, 2.24) is 14.7 Å². The molecule has 0 unspecified atom stereocenters. The summed E-state index contributed by atoms with van der Waals surface area (Å²) in [6.07, 6.45) is 0. The van der Waals surface area contributed by atoms with Gasteiger partial charge in [0.15, 0.2) is 17.3 Å². The highest BCUT2D eigenvalue weighted by atomic mass is 32.1. The molecule has 1 fully saturated rings. The maximum Gasteiger partial charge on any atom is 0.258 e. The molecule has 180 valence electrons. The molecule has 0 aliphatic carbocycles. The van der Waals surface area contributed by atoms with Crippen molar-refractivity contribution >= 4 is 62.1 Å². The number of benzene rings is 1. The van der Waals surface area contributed by atoms with Gasteiger partial charge in [0.25, 0.3) is 5.91 Å². The van der Waals surface area contributed by atoms with Crippen LogP contribution < -0.4 is 15.6 Å². The number of carbonyl (C=O) groups is 1. The number of thiol groups is 1. The predicted molar refractivity (Wildman–Crippen MR) is 136 cm³/mol. The summed E-state index contributed by atoms with van der Waals surface area (Å²) < 4.78 is 27.8. The lowest BCUT2D eigenvalue weighted by Crippen LogP contribution is -2.37. The highest BCUT2D eigenvalue weighted by molar-refractivity contribution is 7.75. The third kappa shape index (κ3) is 4.36. The van der Waals surface area contributed by atoms with Crippen molar-refractivity contribution in [2.24, 2.45) is 0 Å². The van der Waals surface area contributed by atoms with E-state index in [0.29, 0.717) is 36.8 Å². The number of nitrogens with one attached hydrogen (secondary N) is 1. The van der Waals surface area contributed by atoms with E-state index in [4.69, 9.17) is 4.74 Å². The van der Waals surface area contributed by atoms with Crippen LogP contribution in [0, 0.1) is 5.82 Å². The molecule has 4 aromatic rings. The van der Waals surface area contributed by atoms with E-state index in [1.54, 1.807) is 4.40 Å². The summed E-state index contributed by atoms with van der Waals surface area (Å²) in [6, 6.07) is 8.73. The molecule has 0 spiro atoms. The fraction of sp³-hybridized carbons (Fsp3) is 0.348. The Morgan fingerprint density at radius 3 is 2.76 bits per heavy atom. The number of para-hydroxylation sites is 1. The van der Waals surface area contributed by atoms with Crippen LogP contribution in [0.5, 0.6) is 0 Å². The molecule has 1 amide bonds. The van der Waals surface area contributed by atoms with Crippen molar-refractivity contribution in [3.8, 4) is 0 Å². The number of anilines is 1. The largest absolute Gasteiger partial charge is 0.378 e. The van der Waals surface area contributed by atoms with Gasteiger partial charge in [0.2, 0.25) is 5.43 Å². The Morgan fingerprint density at radius 1 is 1.29 bits per heavy atom. The van der Waals surface area contributed by atoms with E-state index >= 15 is 4.39 Å². The summed E-state index contributed by atoms with van der Waals surface area (Å²) in [7, 11) is 0. The number of thiazole rings is 1. The minimum absolute atomic E-state index is 0.0433. The molecule has 3 aromatic heterocycles. The molecule has 11 heteroatoms. The van der Waals surface area contributed by atoms with Crippen molar-refractivity contribution in [2.75, 3.05) is 44.4 Å². The van der Waals surface area contributed by atoms with Gasteiger partial charge in [0.1, 0.15) is 10.4 Å². The number of hydrogen-bond acceptors (Lipinski definition) is 8. The molecule has 0 bridgehead atoms. The first kappa shape index (κ1) is 24.4. The summed E-state index contributed by atoms with van der Waals surface area (Å²) in [5.74, 6) is -0.984. The molecule has 1 saturated heterocycles. The van der Waals surface area contributed by atoms with Crippen molar-refractivity contribution in [1.29, 1.82) is 0 Å². The number of halogens is 1. The van der Waals surface area contributed by atoms with E-state index in [1.807, 2.05) is 43.0 Å². The SMILES string of the molecule is CC.O=C(NCCOS)c1c(=O)c2cc(F)c(N3CCOCC3)nc2n2c1sc1ccccc12. The lowest BCUT2D eigenvalue weighted by Gasteiger charge is -2.28. The maximum atomic E-state index is 15.1. The van der Waals surface area contributed by atoms with Gasteiger partial charge in [-0.15, -0.1) is 11.3 Å². The van der Waals surface area contributed by atoms with Crippen LogP contribution in [-0.4, -0.2) is 54.7 Å². The third-order valence-corrected chi connectivity index (χ3v) is 6.69. The summed E-state index contributed by atoms with van der Waals surface area (Å²) in [6.45, 7) is 6.32. The van der Waals surface area contributed by atoms with Crippen molar-refractivity contribution in [3.63, 3.8) is 0 Å². The van der Waals surface area contributed by atoms with Crippen LogP contribution in [-0.2, 0) is 8.92 Å². The van der Waals surface area contributed by atoms with Crippen LogP contribution in [0.1, 0.15) is 24.2 Å². The smallest absolute Gasteiger partial charge is 0.258 e. The predicted octanol–water partition coefficient (Wildman–Crippen LogP) is 3.66. The van der Waals surface area contributed by atoms with E-state index in [2.05, 4.69) is 27.4 Å². The van der Waals surface area contributed by atoms with Gasteiger partial charge in [0, 0.05) is 19.6 Å². The number of ether oxygens (including phenoxy) is 1. The summed E-state index contributed by atoms with van der Waals surface area (Å²) >= 11 is 4.98. The number of carbonyl (C=O) groups excluding carboxylic acids is 1. The fourth-order valence-electron chi connectivity index (χ4n) is 3.90. The number of amides is 1. The molecule has 34 heavy (non-hydrogen) atoms. The molecule has 0 radical (unpaired) electrons. The summed E-state index contributed by atoms with van der Waals surface area (Å²) in [4.78, 5) is 33.2. The Kier molecular flexibility index (Phi) is 7.67. The number of hydrogen-bond donors (Lipinski definition) is 2. The van der Waals surface area contributed by atoms with Gasteiger partial charge in [-0.3, -0.25) is 14.0 Å². The number of rotatable bonds is 5. The maximum absolute atomic E-state index is 15.1. The van der Waals surface area contributed by atoms with Crippen LogP contribution in [0.4, 0.5) is 10.2 Å². The highest BCUT2D eigenvalue weighted by Gasteiger charge is 2.25. The van der Waals surface area contributed by atoms with E-state index in [9.17, 15) is 9.59 Å². The lowest BCUT2D eigenvalue weighted by molar-refractivity contribution is 0.0949. The lowest BCUT2D eigenvalue weighted by atomic mass is 10.1. The van der Waals surface area contributed by atoms with Crippen molar-refractivity contribution in [3.05, 3.63) is 51.9 Å². The number of aromatic nitrogens is 2. The third-order valence-electron chi connectivity index (χ3n) is 5.37. The molecular formula is C23H25FN4O4S2. The van der Waals surface area contributed by atoms with Gasteiger partial charge in [-0.1, -0.05) is 26.0 Å². The molecular weight excluding hydrogens is 479 g/mol. The van der Waals surface area contributed by atoms with Crippen LogP contribution in [0.2, 0.25) is 0 Å².